The summed E-state index contributed by atoms with van der Waals surface area (Å²) in [5.74, 6) is -0.460. The van der Waals surface area contributed by atoms with E-state index in [2.05, 4.69) is 20.8 Å². The molecule has 0 aliphatic heterocycles. The molecule has 0 saturated heterocycles. The highest BCUT2D eigenvalue weighted by molar-refractivity contribution is 5.69. The second-order valence-electron chi connectivity index (χ2n) is 3.43. The number of aromatic nitrogens is 4. The first-order valence-corrected chi connectivity index (χ1v) is 4.80. The standard InChI is InChI=1S/C8H15N5O2/c1-6(7(14)15)4-3-5-9-8-10-11-12-13(8)2/h6H,3-5H2,1-2H3,(H,14,15)(H,9,10,12). The van der Waals surface area contributed by atoms with E-state index in [1.165, 1.54) is 4.68 Å². The summed E-state index contributed by atoms with van der Waals surface area (Å²) in [4.78, 5) is 10.5. The molecule has 7 heteroatoms. The summed E-state index contributed by atoms with van der Waals surface area (Å²) in [6, 6.07) is 0. The minimum atomic E-state index is -0.754. The summed E-state index contributed by atoms with van der Waals surface area (Å²) in [6.07, 6.45) is 1.42. The van der Waals surface area contributed by atoms with Crippen molar-refractivity contribution < 1.29 is 9.90 Å². The normalized spacial score (nSPS) is 12.4. The van der Waals surface area contributed by atoms with E-state index in [4.69, 9.17) is 5.11 Å². The van der Waals surface area contributed by atoms with Gasteiger partial charge < -0.3 is 10.4 Å². The summed E-state index contributed by atoms with van der Waals surface area (Å²) in [7, 11) is 1.74. The van der Waals surface area contributed by atoms with E-state index in [-0.39, 0.29) is 5.92 Å². The van der Waals surface area contributed by atoms with Gasteiger partial charge in [-0.1, -0.05) is 12.0 Å². The number of aryl methyl sites for hydroxylation is 1. The molecule has 15 heavy (non-hydrogen) atoms. The second kappa shape index (κ2) is 5.28. The Labute approximate surface area is 87.5 Å². The van der Waals surface area contributed by atoms with Gasteiger partial charge in [0.15, 0.2) is 0 Å². The first-order valence-electron chi connectivity index (χ1n) is 4.80. The topological polar surface area (TPSA) is 92.9 Å². The SMILES string of the molecule is CC(CCCNc1nnnn1C)C(=O)O. The molecular weight excluding hydrogens is 198 g/mol. The lowest BCUT2D eigenvalue weighted by Crippen LogP contribution is -2.12. The smallest absolute Gasteiger partial charge is 0.306 e. The highest BCUT2D eigenvalue weighted by Crippen LogP contribution is 2.05. The Balaban J connectivity index is 2.17. The van der Waals surface area contributed by atoms with Crippen molar-refractivity contribution in [2.45, 2.75) is 19.8 Å². The molecule has 0 saturated carbocycles. The molecule has 1 aromatic rings. The summed E-state index contributed by atoms with van der Waals surface area (Å²) in [5.41, 5.74) is 0. The number of hydrogen-bond donors (Lipinski definition) is 2. The molecule has 1 unspecified atom stereocenters. The molecular formula is C8H15N5O2. The first-order chi connectivity index (χ1) is 7.11. The van der Waals surface area contributed by atoms with Crippen LogP contribution < -0.4 is 5.32 Å². The number of rotatable bonds is 6. The Morgan fingerprint density at radius 2 is 2.40 bits per heavy atom. The fourth-order valence-corrected chi connectivity index (χ4v) is 1.11. The molecule has 0 aliphatic carbocycles. The molecule has 0 amide bonds. The molecule has 1 rings (SSSR count). The molecule has 1 aromatic heterocycles. The Morgan fingerprint density at radius 3 is 2.93 bits per heavy atom. The van der Waals surface area contributed by atoms with Crippen LogP contribution in [0.1, 0.15) is 19.8 Å². The first kappa shape index (κ1) is 11.4. The zero-order valence-corrected chi connectivity index (χ0v) is 8.84. The van der Waals surface area contributed by atoms with Crippen LogP contribution in [-0.2, 0) is 11.8 Å². The highest BCUT2D eigenvalue weighted by atomic mass is 16.4. The summed E-state index contributed by atoms with van der Waals surface area (Å²) in [5, 5.41) is 22.5. The summed E-state index contributed by atoms with van der Waals surface area (Å²) in [6.45, 7) is 2.37. The van der Waals surface area contributed by atoms with E-state index in [1.54, 1.807) is 14.0 Å². The number of carboxylic acid groups (broad SMARTS) is 1. The average Bonchev–Trinajstić information content (AvgIpc) is 2.58. The van der Waals surface area contributed by atoms with Crippen LogP contribution in [0.25, 0.3) is 0 Å². The van der Waals surface area contributed by atoms with Crippen LogP contribution in [-0.4, -0.2) is 37.8 Å². The van der Waals surface area contributed by atoms with Gasteiger partial charge in [0.25, 0.3) is 0 Å². The molecule has 7 nitrogen and oxygen atoms in total. The van der Waals surface area contributed by atoms with E-state index in [0.717, 1.165) is 6.42 Å². The number of carboxylic acids is 1. The van der Waals surface area contributed by atoms with Crippen LogP contribution in [0.4, 0.5) is 5.95 Å². The highest BCUT2D eigenvalue weighted by Gasteiger charge is 2.09. The van der Waals surface area contributed by atoms with Gasteiger partial charge in [0.1, 0.15) is 0 Å². The predicted octanol–water partition coefficient (Wildman–Crippen LogP) is 0.123. The van der Waals surface area contributed by atoms with E-state index >= 15 is 0 Å². The number of nitrogens with zero attached hydrogens (tertiary/aromatic N) is 4. The Kier molecular flexibility index (Phi) is 4.02. The minimum absolute atomic E-state index is 0.301. The van der Waals surface area contributed by atoms with Crippen molar-refractivity contribution in [3.8, 4) is 0 Å². The van der Waals surface area contributed by atoms with Crippen molar-refractivity contribution >= 4 is 11.9 Å². The van der Waals surface area contributed by atoms with Crippen LogP contribution in [0.3, 0.4) is 0 Å². The van der Waals surface area contributed by atoms with Gasteiger partial charge in [-0.25, -0.2) is 4.68 Å². The third-order valence-corrected chi connectivity index (χ3v) is 2.14. The third-order valence-electron chi connectivity index (χ3n) is 2.14. The molecule has 0 bridgehead atoms. The quantitative estimate of drug-likeness (QED) is 0.652. The number of carbonyl (C=O) groups is 1. The van der Waals surface area contributed by atoms with Crippen LogP contribution >= 0.6 is 0 Å². The van der Waals surface area contributed by atoms with E-state index < -0.39 is 5.97 Å². The molecule has 2 N–H and O–H groups in total. The number of aliphatic carboxylic acids is 1. The molecule has 0 aliphatic rings. The van der Waals surface area contributed by atoms with Crippen molar-refractivity contribution in [3.05, 3.63) is 0 Å². The maximum atomic E-state index is 10.5. The maximum Gasteiger partial charge on any atom is 0.306 e. The second-order valence-corrected chi connectivity index (χ2v) is 3.43. The van der Waals surface area contributed by atoms with Crippen LogP contribution in [0, 0.1) is 5.92 Å². The van der Waals surface area contributed by atoms with Crippen molar-refractivity contribution in [1.29, 1.82) is 0 Å². The molecule has 84 valence electrons. The maximum absolute atomic E-state index is 10.5. The molecule has 0 spiro atoms. The fourth-order valence-electron chi connectivity index (χ4n) is 1.11. The van der Waals surface area contributed by atoms with E-state index in [9.17, 15) is 4.79 Å². The lowest BCUT2D eigenvalue weighted by atomic mass is 10.1. The van der Waals surface area contributed by atoms with E-state index in [1.807, 2.05) is 0 Å². The number of hydrogen-bond acceptors (Lipinski definition) is 5. The average molecular weight is 213 g/mol. The summed E-state index contributed by atoms with van der Waals surface area (Å²) < 4.78 is 1.53. The van der Waals surface area contributed by atoms with Crippen molar-refractivity contribution in [2.24, 2.45) is 13.0 Å². The number of nitrogens with one attached hydrogen (secondary N) is 1. The van der Waals surface area contributed by atoms with Gasteiger partial charge in [-0.2, -0.15) is 0 Å². The van der Waals surface area contributed by atoms with Crippen LogP contribution in [0.15, 0.2) is 0 Å². The number of tetrazole rings is 1. The minimum Gasteiger partial charge on any atom is -0.481 e. The monoisotopic (exact) mass is 213 g/mol. The van der Waals surface area contributed by atoms with E-state index in [0.29, 0.717) is 18.9 Å². The Hall–Kier alpha value is -1.66. The van der Waals surface area contributed by atoms with Crippen molar-refractivity contribution in [2.75, 3.05) is 11.9 Å². The van der Waals surface area contributed by atoms with Gasteiger partial charge in [-0.15, -0.1) is 0 Å². The molecule has 1 heterocycles. The zero-order chi connectivity index (χ0) is 11.3. The predicted molar refractivity (Wildman–Crippen MR) is 53.3 cm³/mol. The third kappa shape index (κ3) is 3.53. The van der Waals surface area contributed by atoms with Gasteiger partial charge >= 0.3 is 5.97 Å². The van der Waals surface area contributed by atoms with Gasteiger partial charge in [-0.3, -0.25) is 4.79 Å². The van der Waals surface area contributed by atoms with Crippen molar-refractivity contribution in [3.63, 3.8) is 0 Å². The van der Waals surface area contributed by atoms with Gasteiger partial charge in [-0.05, 0) is 23.3 Å². The van der Waals surface area contributed by atoms with Gasteiger partial charge in [0.05, 0.1) is 5.92 Å². The lowest BCUT2D eigenvalue weighted by Gasteiger charge is -2.06. The summed E-state index contributed by atoms with van der Waals surface area (Å²) >= 11 is 0. The molecule has 0 fully saturated rings. The van der Waals surface area contributed by atoms with Gasteiger partial charge in [0, 0.05) is 13.6 Å². The molecule has 0 aromatic carbocycles. The Morgan fingerprint density at radius 1 is 1.67 bits per heavy atom. The number of anilines is 1. The zero-order valence-electron chi connectivity index (χ0n) is 8.84. The van der Waals surface area contributed by atoms with Crippen molar-refractivity contribution in [1.82, 2.24) is 20.2 Å². The Bertz CT molecular complexity index is 325. The lowest BCUT2D eigenvalue weighted by molar-refractivity contribution is -0.141. The van der Waals surface area contributed by atoms with Crippen LogP contribution in [0.5, 0.6) is 0 Å². The van der Waals surface area contributed by atoms with Crippen LogP contribution in [0.2, 0.25) is 0 Å². The van der Waals surface area contributed by atoms with Gasteiger partial charge in [0.2, 0.25) is 5.95 Å². The molecule has 1 atom stereocenters. The largest absolute Gasteiger partial charge is 0.481 e. The fraction of sp³-hybridized carbons (Fsp3) is 0.750. The molecule has 0 radical (unpaired) electrons.